The quantitative estimate of drug-likeness (QED) is 0.431. The van der Waals surface area contributed by atoms with Crippen LogP contribution in [0, 0.1) is 0 Å². The molecule has 5 aromatic rings. The monoisotopic (exact) mass is 341 g/mol. The van der Waals surface area contributed by atoms with Crippen molar-refractivity contribution in [2.75, 3.05) is 0 Å². The Bertz CT molecular complexity index is 1410. The Labute approximate surface area is 154 Å². The molecule has 0 saturated heterocycles. The summed E-state index contributed by atoms with van der Waals surface area (Å²) < 4.78 is 30.3. The zero-order valence-corrected chi connectivity index (χ0v) is 13.8. The Morgan fingerprint density at radius 2 is 1.85 bits per heavy atom. The predicted molar refractivity (Wildman–Crippen MR) is 100 cm³/mol. The fourth-order valence-electron chi connectivity index (χ4n) is 4.01. The van der Waals surface area contributed by atoms with Crippen molar-refractivity contribution < 1.29 is 8.68 Å². The van der Waals surface area contributed by atoms with Crippen molar-refractivity contribution in [1.82, 2.24) is 19.1 Å². The van der Waals surface area contributed by atoms with Crippen LogP contribution in [0.4, 0.5) is 0 Å². The van der Waals surface area contributed by atoms with Gasteiger partial charge in [-0.3, -0.25) is 0 Å². The average molecular weight is 341 g/mol. The maximum absolute atomic E-state index is 8.24. The van der Waals surface area contributed by atoms with Gasteiger partial charge in [0, 0.05) is 29.0 Å². The second kappa shape index (κ2) is 4.79. The number of imidazole rings is 1. The Balaban J connectivity index is 1.89. The second-order valence-corrected chi connectivity index (χ2v) is 6.47. The molecule has 26 heavy (non-hydrogen) atoms. The average Bonchev–Trinajstić information content (AvgIpc) is 3.34. The van der Waals surface area contributed by atoms with Crippen LogP contribution in [0.2, 0.25) is 0 Å². The van der Waals surface area contributed by atoms with Crippen molar-refractivity contribution in [2.45, 2.75) is 6.54 Å². The zero-order chi connectivity index (χ0) is 19.8. The first kappa shape index (κ1) is 11.2. The van der Waals surface area contributed by atoms with Crippen LogP contribution in [0.15, 0.2) is 67.0 Å². The summed E-state index contributed by atoms with van der Waals surface area (Å²) in [6.07, 6.45) is 3.48. The van der Waals surface area contributed by atoms with Gasteiger partial charge in [-0.1, -0.05) is 24.3 Å². The lowest BCUT2D eigenvalue weighted by Crippen LogP contribution is -2.31. The molecule has 5 nitrogen and oxygen atoms in total. The van der Waals surface area contributed by atoms with Gasteiger partial charge in [0.15, 0.2) is 5.69 Å². The lowest BCUT2D eigenvalue weighted by atomic mass is 10.2. The minimum atomic E-state index is -2.35. The Morgan fingerprint density at radius 1 is 1.00 bits per heavy atom. The topological polar surface area (TPSA) is 39.5 Å². The number of aryl methyl sites for hydroxylation is 1. The number of benzene rings is 1. The highest BCUT2D eigenvalue weighted by atomic mass is 15.3. The highest BCUT2D eigenvalue weighted by Gasteiger charge is 2.39. The van der Waals surface area contributed by atoms with E-state index in [1.807, 2.05) is 47.0 Å². The van der Waals surface area contributed by atoms with Crippen LogP contribution in [0.5, 0.6) is 0 Å². The van der Waals surface area contributed by atoms with E-state index in [0.717, 1.165) is 28.3 Å². The maximum atomic E-state index is 8.24. The van der Waals surface area contributed by atoms with Gasteiger partial charge in [-0.15, -0.1) is 0 Å². The van der Waals surface area contributed by atoms with E-state index in [-0.39, 0.29) is 0 Å². The smallest absolute Gasteiger partial charge is 0.306 e. The van der Waals surface area contributed by atoms with Crippen molar-refractivity contribution >= 4 is 22.2 Å². The molecular formula is C21H16N5+. The molecule has 0 radical (unpaired) electrons. The lowest BCUT2D eigenvalue weighted by Gasteiger charge is -2.03. The van der Waals surface area contributed by atoms with Crippen LogP contribution < -0.4 is 4.57 Å². The van der Waals surface area contributed by atoms with Crippen LogP contribution >= 0.6 is 0 Å². The van der Waals surface area contributed by atoms with Gasteiger partial charge in [-0.25, -0.2) is 14.5 Å². The molecule has 5 heteroatoms. The van der Waals surface area contributed by atoms with Gasteiger partial charge >= 0.3 is 5.82 Å². The number of hydrogen-bond acceptors (Lipinski definition) is 2. The van der Waals surface area contributed by atoms with E-state index in [2.05, 4.69) is 20.6 Å². The van der Waals surface area contributed by atoms with Crippen LogP contribution in [0.25, 0.3) is 39.4 Å². The third kappa shape index (κ3) is 1.57. The highest BCUT2D eigenvalue weighted by Crippen LogP contribution is 2.35. The van der Waals surface area contributed by atoms with E-state index in [9.17, 15) is 0 Å². The largest absolute Gasteiger partial charge is 0.316 e. The molecule has 1 aliphatic heterocycles. The minimum absolute atomic E-state index is 0.599. The third-order valence-electron chi connectivity index (χ3n) is 5.07. The number of para-hydroxylation sites is 1. The third-order valence-corrected chi connectivity index (χ3v) is 5.07. The molecule has 4 aromatic heterocycles. The first-order valence-electron chi connectivity index (χ1n) is 9.99. The normalized spacial score (nSPS) is 14.8. The molecule has 0 fully saturated rings. The maximum Gasteiger partial charge on any atom is 0.316 e. The Hall–Kier alpha value is -3.47. The fraction of sp³-hybridized carbons (Fsp3) is 0.0952. The van der Waals surface area contributed by atoms with Gasteiger partial charge in [-0.2, -0.15) is 4.57 Å². The van der Waals surface area contributed by atoms with E-state index in [1.54, 1.807) is 18.5 Å². The Kier molecular flexibility index (Phi) is 2.06. The van der Waals surface area contributed by atoms with Crippen molar-refractivity contribution in [2.24, 2.45) is 6.98 Å². The van der Waals surface area contributed by atoms with E-state index in [4.69, 9.17) is 4.11 Å². The van der Waals surface area contributed by atoms with Crippen molar-refractivity contribution in [3.8, 4) is 17.2 Å². The minimum Gasteiger partial charge on any atom is -0.306 e. The second-order valence-electron chi connectivity index (χ2n) is 6.47. The number of fused-ring (bicyclic) bond motifs is 7. The summed E-state index contributed by atoms with van der Waals surface area (Å²) in [5.41, 5.74) is 5.57. The number of hydrogen-bond donors (Lipinski definition) is 0. The van der Waals surface area contributed by atoms with Gasteiger partial charge in [0.05, 0.1) is 5.52 Å². The molecule has 0 aliphatic carbocycles. The van der Waals surface area contributed by atoms with Crippen molar-refractivity contribution in [1.29, 1.82) is 0 Å². The molecule has 124 valence electrons. The first-order valence-corrected chi connectivity index (χ1v) is 8.49. The fourth-order valence-corrected chi connectivity index (χ4v) is 4.01. The van der Waals surface area contributed by atoms with Crippen LogP contribution in [0.1, 0.15) is 9.68 Å². The van der Waals surface area contributed by atoms with Gasteiger partial charge in [0.25, 0.3) is 5.65 Å². The summed E-state index contributed by atoms with van der Waals surface area (Å²) in [7, 11) is 0. The van der Waals surface area contributed by atoms with Gasteiger partial charge in [0.2, 0.25) is 5.52 Å². The molecule has 0 N–H and O–H groups in total. The molecule has 0 bridgehead atoms. The summed E-state index contributed by atoms with van der Waals surface area (Å²) in [5.74, 6) is 0.877. The van der Waals surface area contributed by atoms with Gasteiger partial charge in [-0.05, 0) is 30.3 Å². The summed E-state index contributed by atoms with van der Waals surface area (Å²) in [6.45, 7) is -1.72. The van der Waals surface area contributed by atoms with Crippen LogP contribution in [-0.4, -0.2) is 19.1 Å². The Morgan fingerprint density at radius 3 is 2.73 bits per heavy atom. The highest BCUT2D eigenvalue weighted by molar-refractivity contribution is 6.01. The molecule has 6 rings (SSSR count). The summed E-state index contributed by atoms with van der Waals surface area (Å²) in [5, 5.41) is 0. The van der Waals surface area contributed by atoms with Gasteiger partial charge in [0.1, 0.15) is 17.7 Å². The molecule has 5 heterocycles. The number of nitrogens with zero attached hydrogens (tertiary/aromatic N) is 5. The number of aromatic nitrogens is 5. The summed E-state index contributed by atoms with van der Waals surface area (Å²) in [6, 6.07) is 17.4. The molecule has 0 atom stereocenters. The standard InChI is InChI=1S/C21H16N5/c1-24-16-10-6-12-23-18(16)19-21(24)26(15-8-3-2-4-9-15)20-17-14(13-25(19)20)7-5-11-22-17/h2-12H,13H2,1H3/q+1/i1D3. The zero-order valence-electron chi connectivity index (χ0n) is 16.8. The molecule has 1 aromatic carbocycles. The van der Waals surface area contributed by atoms with E-state index in [0.29, 0.717) is 23.2 Å². The van der Waals surface area contributed by atoms with Crippen molar-refractivity contribution in [3.05, 3.63) is 72.6 Å². The van der Waals surface area contributed by atoms with E-state index >= 15 is 0 Å². The predicted octanol–water partition coefficient (Wildman–Crippen LogP) is 3.23. The molecule has 0 amide bonds. The van der Waals surface area contributed by atoms with Gasteiger partial charge < -0.3 is 4.57 Å². The number of pyridine rings is 2. The molecule has 0 saturated carbocycles. The molecule has 0 spiro atoms. The SMILES string of the molecule is [2H]C([2H])([2H])n1c2cccnc2c2c1n(-c1ccccc1)c1[n+]2Cc2cccnc2-1. The van der Waals surface area contributed by atoms with Crippen LogP contribution in [0.3, 0.4) is 0 Å². The van der Waals surface area contributed by atoms with E-state index < -0.39 is 6.98 Å². The molecular weight excluding hydrogens is 322 g/mol. The lowest BCUT2D eigenvalue weighted by molar-refractivity contribution is -0.645. The van der Waals surface area contributed by atoms with E-state index in [1.165, 1.54) is 4.57 Å². The molecule has 1 aliphatic rings. The summed E-state index contributed by atoms with van der Waals surface area (Å²) in [4.78, 5) is 9.19. The number of rotatable bonds is 1. The summed E-state index contributed by atoms with van der Waals surface area (Å²) >= 11 is 0. The van der Waals surface area contributed by atoms with Crippen LogP contribution in [-0.2, 0) is 13.5 Å². The van der Waals surface area contributed by atoms with Crippen molar-refractivity contribution in [3.63, 3.8) is 0 Å². The first-order chi connectivity index (χ1) is 14.1. The molecule has 0 unspecified atom stereocenters.